The van der Waals surface area contributed by atoms with E-state index < -0.39 is 0 Å². The normalized spacial score (nSPS) is 20.4. The fourth-order valence-electron chi connectivity index (χ4n) is 1.41. The van der Waals surface area contributed by atoms with E-state index in [2.05, 4.69) is 17.9 Å². The van der Waals surface area contributed by atoms with Gasteiger partial charge in [0.1, 0.15) is 0 Å². The predicted octanol–water partition coefficient (Wildman–Crippen LogP) is 1.58. The summed E-state index contributed by atoms with van der Waals surface area (Å²) in [6.45, 7) is 0. The minimum Gasteiger partial charge on any atom is -0.719 e. The van der Waals surface area contributed by atoms with Crippen LogP contribution >= 0.6 is 0 Å². The number of rotatable bonds is 1. The highest BCUT2D eigenvalue weighted by Crippen LogP contribution is 2.16. The Hall–Kier alpha value is -0.310. The van der Waals surface area contributed by atoms with Gasteiger partial charge in [0, 0.05) is 6.04 Å². The molecule has 1 fully saturated rings. The van der Waals surface area contributed by atoms with Crippen LogP contribution in [0, 0.1) is 0 Å². The molecule has 0 saturated heterocycles. The van der Waals surface area contributed by atoms with Gasteiger partial charge in [0.25, 0.3) is 0 Å². The molecule has 0 heterocycles. The standard InChI is InChI=1S/C7H13NOS/c9-7(10)8-6-4-2-1-3-5-6/h6H,1-5H2,(H2,8,9,10)/p-1. The molecule has 0 unspecified atom stereocenters. The van der Waals surface area contributed by atoms with Crippen LogP contribution in [0.1, 0.15) is 32.1 Å². The van der Waals surface area contributed by atoms with Crippen LogP contribution in [-0.4, -0.2) is 11.3 Å². The Labute approximate surface area is 66.8 Å². The number of hydrogen-bond acceptors (Lipinski definition) is 2. The molecular formula is C7H12NOS-. The van der Waals surface area contributed by atoms with Crippen LogP contribution in [0.3, 0.4) is 0 Å². The summed E-state index contributed by atoms with van der Waals surface area (Å²) < 4.78 is 0. The minimum atomic E-state index is -0.299. The smallest absolute Gasteiger partial charge is 0.0983 e. The SMILES string of the molecule is O=C([S-])NC1CCCCC1. The van der Waals surface area contributed by atoms with Gasteiger partial charge < -0.3 is 22.7 Å². The summed E-state index contributed by atoms with van der Waals surface area (Å²) in [6, 6.07) is 0.374. The van der Waals surface area contributed by atoms with Crippen molar-refractivity contribution < 1.29 is 4.79 Å². The molecule has 0 radical (unpaired) electrons. The lowest BCUT2D eigenvalue weighted by Gasteiger charge is -2.24. The van der Waals surface area contributed by atoms with Crippen molar-refractivity contribution in [3.05, 3.63) is 0 Å². The van der Waals surface area contributed by atoms with Crippen molar-refractivity contribution in [1.29, 1.82) is 0 Å². The summed E-state index contributed by atoms with van der Waals surface area (Å²) in [5.41, 5.74) is 0. The summed E-state index contributed by atoms with van der Waals surface area (Å²) in [5, 5.41) is 2.46. The van der Waals surface area contributed by atoms with Crippen molar-refractivity contribution in [2.75, 3.05) is 0 Å². The van der Waals surface area contributed by atoms with Crippen LogP contribution in [-0.2, 0) is 12.6 Å². The van der Waals surface area contributed by atoms with Crippen LogP contribution < -0.4 is 5.32 Å². The third-order valence-electron chi connectivity index (χ3n) is 1.93. The molecule has 2 nitrogen and oxygen atoms in total. The Bertz CT molecular complexity index is 121. The topological polar surface area (TPSA) is 29.1 Å². The van der Waals surface area contributed by atoms with Gasteiger partial charge in [-0.1, -0.05) is 19.3 Å². The predicted molar refractivity (Wildman–Crippen MR) is 42.8 cm³/mol. The van der Waals surface area contributed by atoms with E-state index in [0.717, 1.165) is 12.8 Å². The van der Waals surface area contributed by atoms with Gasteiger partial charge in [-0.05, 0) is 12.8 Å². The lowest BCUT2D eigenvalue weighted by Crippen LogP contribution is -2.33. The van der Waals surface area contributed by atoms with Crippen LogP contribution in [0.2, 0.25) is 0 Å². The molecule has 0 atom stereocenters. The van der Waals surface area contributed by atoms with Crippen molar-refractivity contribution in [1.82, 2.24) is 5.32 Å². The van der Waals surface area contributed by atoms with Gasteiger partial charge in [-0.3, -0.25) is 0 Å². The maximum atomic E-state index is 10.4. The van der Waals surface area contributed by atoms with E-state index in [4.69, 9.17) is 0 Å². The Morgan fingerprint density at radius 1 is 1.30 bits per heavy atom. The molecule has 10 heavy (non-hydrogen) atoms. The average Bonchev–Trinajstić information content (AvgIpc) is 1.88. The Morgan fingerprint density at radius 2 is 1.90 bits per heavy atom. The highest BCUT2D eigenvalue weighted by Gasteiger charge is 2.11. The quantitative estimate of drug-likeness (QED) is 0.587. The van der Waals surface area contributed by atoms with Crippen molar-refractivity contribution in [3.63, 3.8) is 0 Å². The lowest BCUT2D eigenvalue weighted by molar-refractivity contribution is 0.253. The zero-order chi connectivity index (χ0) is 7.40. The second-order valence-corrected chi connectivity index (χ2v) is 3.14. The lowest BCUT2D eigenvalue weighted by atomic mass is 9.96. The highest BCUT2D eigenvalue weighted by atomic mass is 32.1. The van der Waals surface area contributed by atoms with Gasteiger partial charge in [0.05, 0.1) is 5.24 Å². The summed E-state index contributed by atoms with van der Waals surface area (Å²) >= 11 is 4.41. The van der Waals surface area contributed by atoms with E-state index in [0.29, 0.717) is 6.04 Å². The first-order chi connectivity index (χ1) is 4.79. The molecule has 1 aliphatic carbocycles. The van der Waals surface area contributed by atoms with Crippen molar-refractivity contribution >= 4 is 17.9 Å². The molecule has 58 valence electrons. The average molecular weight is 158 g/mol. The van der Waals surface area contributed by atoms with Gasteiger partial charge >= 0.3 is 0 Å². The van der Waals surface area contributed by atoms with Crippen molar-refractivity contribution in [2.45, 2.75) is 38.1 Å². The molecule has 0 spiro atoms. The van der Waals surface area contributed by atoms with Gasteiger partial charge in [-0.2, -0.15) is 0 Å². The summed E-state index contributed by atoms with van der Waals surface area (Å²) in [5.74, 6) is 0. The summed E-state index contributed by atoms with van der Waals surface area (Å²) in [6.07, 6.45) is 6.01. The van der Waals surface area contributed by atoms with E-state index in [1.165, 1.54) is 19.3 Å². The van der Waals surface area contributed by atoms with Crippen molar-refractivity contribution in [2.24, 2.45) is 0 Å². The molecule has 1 amide bonds. The maximum Gasteiger partial charge on any atom is 0.0983 e. The third kappa shape index (κ3) is 2.52. The van der Waals surface area contributed by atoms with Gasteiger partial charge in [-0.15, -0.1) is 0 Å². The Balaban J connectivity index is 2.19. The second kappa shape index (κ2) is 3.76. The van der Waals surface area contributed by atoms with E-state index in [9.17, 15) is 4.79 Å². The first kappa shape index (κ1) is 7.79. The molecule has 1 N–H and O–H groups in total. The molecule has 0 aromatic heterocycles. The molecule has 1 saturated carbocycles. The highest BCUT2D eigenvalue weighted by molar-refractivity contribution is 7.76. The van der Waals surface area contributed by atoms with Crippen LogP contribution in [0.4, 0.5) is 4.79 Å². The summed E-state index contributed by atoms with van der Waals surface area (Å²) in [7, 11) is 0. The monoisotopic (exact) mass is 158 g/mol. The second-order valence-electron chi connectivity index (χ2n) is 2.77. The van der Waals surface area contributed by atoms with E-state index >= 15 is 0 Å². The van der Waals surface area contributed by atoms with E-state index in [1.807, 2.05) is 0 Å². The van der Waals surface area contributed by atoms with E-state index in [-0.39, 0.29) is 5.24 Å². The molecule has 0 aromatic rings. The van der Waals surface area contributed by atoms with Crippen LogP contribution in [0.5, 0.6) is 0 Å². The molecule has 3 heteroatoms. The van der Waals surface area contributed by atoms with E-state index in [1.54, 1.807) is 0 Å². The third-order valence-corrected chi connectivity index (χ3v) is 2.04. The van der Waals surface area contributed by atoms with Gasteiger partial charge in [0.2, 0.25) is 0 Å². The van der Waals surface area contributed by atoms with Gasteiger partial charge in [0.15, 0.2) is 0 Å². The first-order valence-electron chi connectivity index (χ1n) is 3.76. The summed E-state index contributed by atoms with van der Waals surface area (Å²) in [4.78, 5) is 10.4. The Morgan fingerprint density at radius 3 is 2.40 bits per heavy atom. The maximum absolute atomic E-state index is 10.4. The zero-order valence-electron chi connectivity index (χ0n) is 5.93. The molecular weight excluding hydrogens is 146 g/mol. The number of amides is 1. The number of nitrogens with one attached hydrogen (secondary N) is 1. The molecule has 1 aliphatic rings. The molecule has 0 aromatic carbocycles. The van der Waals surface area contributed by atoms with Crippen LogP contribution in [0.15, 0.2) is 0 Å². The Kier molecular flexibility index (Phi) is 2.93. The molecule has 1 rings (SSSR count). The molecule has 0 bridgehead atoms. The minimum absolute atomic E-state index is 0.299. The fraction of sp³-hybridized carbons (Fsp3) is 0.857. The largest absolute Gasteiger partial charge is 0.719 e. The number of hydrogen-bond donors (Lipinski definition) is 1. The zero-order valence-corrected chi connectivity index (χ0v) is 6.75. The van der Waals surface area contributed by atoms with Crippen molar-refractivity contribution in [3.8, 4) is 0 Å². The number of carbonyl (C=O) groups is 1. The number of carbonyl (C=O) groups excluding carboxylic acids is 1. The first-order valence-corrected chi connectivity index (χ1v) is 4.17. The van der Waals surface area contributed by atoms with Gasteiger partial charge in [-0.25, -0.2) is 0 Å². The van der Waals surface area contributed by atoms with Crippen LogP contribution in [0.25, 0.3) is 0 Å². The fourth-order valence-corrected chi connectivity index (χ4v) is 1.58. The molecule has 0 aliphatic heterocycles.